The van der Waals surface area contributed by atoms with E-state index in [9.17, 15) is 4.79 Å². The number of Topliss-reactive ketones (excluding diaryl/α,β-unsaturated/α-hetero) is 1. The van der Waals surface area contributed by atoms with Crippen LogP contribution in [0.3, 0.4) is 0 Å². The lowest BCUT2D eigenvalue weighted by Crippen LogP contribution is -2.04. The number of hydrogen-bond donors (Lipinski definition) is 0. The van der Waals surface area contributed by atoms with Gasteiger partial charge in [-0.05, 0) is 68.2 Å². The summed E-state index contributed by atoms with van der Waals surface area (Å²) in [5.41, 5.74) is 5.02. The molecule has 0 fully saturated rings. The highest BCUT2D eigenvalue weighted by molar-refractivity contribution is 6.01. The summed E-state index contributed by atoms with van der Waals surface area (Å²) in [5, 5.41) is 0. The normalized spacial score (nSPS) is 12.0. The summed E-state index contributed by atoms with van der Waals surface area (Å²) in [6.45, 7) is 7.52. The first-order chi connectivity index (χ1) is 14.0. The summed E-state index contributed by atoms with van der Waals surface area (Å²) in [5.74, 6) is 1.50. The van der Waals surface area contributed by atoms with Gasteiger partial charge in [-0.2, -0.15) is 0 Å². The Hall–Kier alpha value is -3.14. The van der Waals surface area contributed by atoms with Gasteiger partial charge < -0.3 is 9.47 Å². The molecule has 0 bridgehead atoms. The minimum atomic E-state index is -0.0324. The molecule has 1 aromatic heterocycles. The molecule has 0 aliphatic rings. The molecule has 0 unspecified atom stereocenters. The number of nitrogens with zero attached hydrogens (tertiary/aromatic N) is 1. The smallest absolute Gasteiger partial charge is 0.161 e. The third-order valence-corrected chi connectivity index (χ3v) is 4.66. The summed E-state index contributed by atoms with van der Waals surface area (Å²) in [6.07, 6.45) is 12.2. The van der Waals surface area contributed by atoms with Crippen molar-refractivity contribution in [2.45, 2.75) is 34.1 Å². The summed E-state index contributed by atoms with van der Waals surface area (Å²) in [4.78, 5) is 16.7. The zero-order chi connectivity index (χ0) is 21.4. The second-order valence-electron chi connectivity index (χ2n) is 6.53. The van der Waals surface area contributed by atoms with Crippen LogP contribution in [0.15, 0.2) is 48.7 Å². The Morgan fingerprint density at radius 1 is 1.03 bits per heavy atom. The van der Waals surface area contributed by atoms with Gasteiger partial charge in [-0.3, -0.25) is 9.78 Å². The minimum Gasteiger partial charge on any atom is -0.496 e. The van der Waals surface area contributed by atoms with E-state index < -0.39 is 0 Å². The van der Waals surface area contributed by atoms with Crippen LogP contribution < -0.4 is 9.47 Å². The van der Waals surface area contributed by atoms with Gasteiger partial charge in [0.15, 0.2) is 5.78 Å². The number of aromatic nitrogens is 1. The van der Waals surface area contributed by atoms with Crippen LogP contribution in [0.5, 0.6) is 11.5 Å². The van der Waals surface area contributed by atoms with Gasteiger partial charge in [0.05, 0.1) is 19.9 Å². The highest BCUT2D eigenvalue weighted by atomic mass is 16.5. The van der Waals surface area contributed by atoms with Gasteiger partial charge in [-0.1, -0.05) is 31.2 Å². The van der Waals surface area contributed by atoms with Crippen molar-refractivity contribution in [2.75, 3.05) is 14.2 Å². The SMILES string of the molecule is C/C=C/C=C(/c1cc(OC)c(CC)c(OC)c1)c1cc(/C=C/C)ncc1C(C)=O. The van der Waals surface area contributed by atoms with Gasteiger partial charge in [-0.15, -0.1) is 0 Å². The maximum absolute atomic E-state index is 12.3. The van der Waals surface area contributed by atoms with Crippen LogP contribution in [0.2, 0.25) is 0 Å². The summed E-state index contributed by atoms with van der Waals surface area (Å²) in [7, 11) is 3.31. The van der Waals surface area contributed by atoms with Crippen LogP contribution in [0.1, 0.15) is 60.4 Å². The average molecular weight is 392 g/mol. The molecule has 1 heterocycles. The number of pyridine rings is 1. The lowest BCUT2D eigenvalue weighted by atomic mass is 9.91. The van der Waals surface area contributed by atoms with Crippen LogP contribution in [0, 0.1) is 0 Å². The average Bonchev–Trinajstić information content (AvgIpc) is 2.73. The van der Waals surface area contributed by atoms with Crippen molar-refractivity contribution < 1.29 is 14.3 Å². The first-order valence-corrected chi connectivity index (χ1v) is 9.72. The van der Waals surface area contributed by atoms with Crippen molar-refractivity contribution in [1.82, 2.24) is 4.98 Å². The first kappa shape index (κ1) is 22.2. The number of hydrogen-bond acceptors (Lipinski definition) is 4. The second-order valence-corrected chi connectivity index (χ2v) is 6.53. The van der Waals surface area contributed by atoms with E-state index in [2.05, 4.69) is 11.9 Å². The van der Waals surface area contributed by atoms with Crippen LogP contribution in [-0.2, 0) is 6.42 Å². The van der Waals surface area contributed by atoms with Crippen molar-refractivity contribution in [1.29, 1.82) is 0 Å². The van der Waals surface area contributed by atoms with E-state index in [-0.39, 0.29) is 5.78 Å². The predicted octanol–water partition coefficient (Wildman–Crippen LogP) is 5.90. The Kier molecular flexibility index (Phi) is 7.96. The molecule has 0 aliphatic heterocycles. The molecule has 152 valence electrons. The molecule has 4 nitrogen and oxygen atoms in total. The van der Waals surface area contributed by atoms with E-state index in [0.717, 1.165) is 45.9 Å². The Morgan fingerprint density at radius 3 is 2.17 bits per heavy atom. The third kappa shape index (κ3) is 5.02. The maximum atomic E-state index is 12.3. The largest absolute Gasteiger partial charge is 0.496 e. The Morgan fingerprint density at radius 2 is 1.69 bits per heavy atom. The summed E-state index contributed by atoms with van der Waals surface area (Å²) < 4.78 is 11.3. The quantitative estimate of drug-likeness (QED) is 0.415. The van der Waals surface area contributed by atoms with Gasteiger partial charge in [0, 0.05) is 17.3 Å². The zero-order valence-corrected chi connectivity index (χ0v) is 18.1. The number of carbonyl (C=O) groups is 1. The summed E-state index contributed by atoms with van der Waals surface area (Å²) in [6, 6.07) is 5.94. The Labute approximate surface area is 173 Å². The fourth-order valence-electron chi connectivity index (χ4n) is 3.26. The molecule has 0 saturated heterocycles. The molecule has 0 saturated carbocycles. The molecule has 4 heteroatoms. The molecule has 2 rings (SSSR count). The van der Waals surface area contributed by atoms with E-state index in [0.29, 0.717) is 5.56 Å². The molecular formula is C25H29NO3. The third-order valence-electron chi connectivity index (χ3n) is 4.66. The van der Waals surface area contributed by atoms with Gasteiger partial charge in [-0.25, -0.2) is 0 Å². The minimum absolute atomic E-state index is 0.0324. The Bertz CT molecular complexity index is 943. The van der Waals surface area contributed by atoms with Crippen LogP contribution in [0.4, 0.5) is 0 Å². The second kappa shape index (κ2) is 10.4. The van der Waals surface area contributed by atoms with Crippen molar-refractivity contribution in [3.63, 3.8) is 0 Å². The first-order valence-electron chi connectivity index (χ1n) is 9.72. The molecule has 1 aromatic carbocycles. The molecule has 0 spiro atoms. The number of rotatable bonds is 8. The van der Waals surface area contributed by atoms with E-state index >= 15 is 0 Å². The van der Waals surface area contributed by atoms with Crippen LogP contribution in [-0.4, -0.2) is 25.0 Å². The molecule has 0 amide bonds. The molecule has 2 aromatic rings. The van der Waals surface area contributed by atoms with Crippen LogP contribution >= 0.6 is 0 Å². The van der Waals surface area contributed by atoms with E-state index in [4.69, 9.17) is 9.47 Å². The fraction of sp³-hybridized carbons (Fsp3) is 0.280. The zero-order valence-electron chi connectivity index (χ0n) is 18.1. The number of methoxy groups -OCH3 is 2. The van der Waals surface area contributed by atoms with Crippen molar-refractivity contribution in [3.05, 3.63) is 76.6 Å². The number of benzene rings is 1. The van der Waals surface area contributed by atoms with Crippen molar-refractivity contribution in [3.8, 4) is 11.5 Å². The lowest BCUT2D eigenvalue weighted by molar-refractivity contribution is 0.101. The van der Waals surface area contributed by atoms with Gasteiger partial charge in [0.25, 0.3) is 0 Å². The summed E-state index contributed by atoms with van der Waals surface area (Å²) >= 11 is 0. The van der Waals surface area contributed by atoms with E-state index in [1.165, 1.54) is 0 Å². The molecular weight excluding hydrogens is 362 g/mol. The lowest BCUT2D eigenvalue weighted by Gasteiger charge is -2.17. The monoisotopic (exact) mass is 391 g/mol. The van der Waals surface area contributed by atoms with Crippen molar-refractivity contribution in [2.24, 2.45) is 0 Å². The standard InChI is InChI=1S/C25H29NO3/c1-7-10-12-21(18-13-24(28-5)20(9-3)25(14-18)29-6)22-15-19(11-8-2)26-16-23(22)17(4)27/h7-8,10-16H,9H2,1-6H3/b10-7+,11-8+,21-12-. The molecule has 0 radical (unpaired) electrons. The number of ketones is 1. The predicted molar refractivity (Wildman–Crippen MR) is 120 cm³/mol. The van der Waals surface area contributed by atoms with Gasteiger partial charge >= 0.3 is 0 Å². The molecule has 29 heavy (non-hydrogen) atoms. The van der Waals surface area contributed by atoms with Crippen molar-refractivity contribution >= 4 is 17.4 Å². The topological polar surface area (TPSA) is 48.4 Å². The number of allylic oxidation sites excluding steroid dienone is 4. The highest BCUT2D eigenvalue weighted by Gasteiger charge is 2.18. The molecule has 0 N–H and O–H groups in total. The maximum Gasteiger partial charge on any atom is 0.161 e. The van der Waals surface area contributed by atoms with Crippen LogP contribution in [0.25, 0.3) is 11.6 Å². The highest BCUT2D eigenvalue weighted by Crippen LogP contribution is 2.36. The Balaban J connectivity index is 2.84. The molecule has 0 aliphatic carbocycles. The number of carbonyl (C=O) groups excluding carboxylic acids is 1. The van der Waals surface area contributed by atoms with Gasteiger partial charge in [0.1, 0.15) is 11.5 Å². The van der Waals surface area contributed by atoms with Gasteiger partial charge in [0.2, 0.25) is 0 Å². The van der Waals surface area contributed by atoms with E-state index in [1.54, 1.807) is 27.3 Å². The molecule has 0 atom stereocenters. The fourth-order valence-corrected chi connectivity index (χ4v) is 3.26. The number of ether oxygens (including phenoxy) is 2. The van der Waals surface area contributed by atoms with E-state index in [1.807, 2.05) is 62.4 Å².